The summed E-state index contributed by atoms with van der Waals surface area (Å²) in [6, 6.07) is 1.78. The van der Waals surface area contributed by atoms with Crippen LogP contribution in [0.4, 0.5) is 5.82 Å². The van der Waals surface area contributed by atoms with Crippen molar-refractivity contribution >= 4 is 11.7 Å². The lowest BCUT2D eigenvalue weighted by Crippen LogP contribution is -2.47. The molecule has 3 N–H and O–H groups in total. The van der Waals surface area contributed by atoms with Gasteiger partial charge in [-0.2, -0.15) is 5.10 Å². The predicted molar refractivity (Wildman–Crippen MR) is 55.1 cm³/mol. The number of hydrogen-bond donors (Lipinski definition) is 3. The molecule has 5 nitrogen and oxygen atoms in total. The average molecular weight is 196 g/mol. The maximum absolute atomic E-state index is 11.6. The first-order chi connectivity index (χ1) is 6.45. The number of aromatic amines is 1. The van der Waals surface area contributed by atoms with Gasteiger partial charge in [0.25, 0.3) is 0 Å². The Morgan fingerprint density at radius 2 is 2.21 bits per heavy atom. The van der Waals surface area contributed by atoms with Gasteiger partial charge in [0.15, 0.2) is 5.82 Å². The number of amides is 1. The molecule has 1 heterocycles. The van der Waals surface area contributed by atoms with Crippen LogP contribution in [0.5, 0.6) is 0 Å². The van der Waals surface area contributed by atoms with Crippen molar-refractivity contribution in [2.45, 2.75) is 26.3 Å². The Balaban J connectivity index is 2.66. The Hall–Kier alpha value is -1.36. The number of hydrogen-bond acceptors (Lipinski definition) is 3. The van der Waals surface area contributed by atoms with Gasteiger partial charge in [-0.3, -0.25) is 9.89 Å². The molecule has 0 fully saturated rings. The maximum Gasteiger partial charge on any atom is 0.245 e. The van der Waals surface area contributed by atoms with Crippen LogP contribution in [0.2, 0.25) is 0 Å². The molecule has 0 aromatic carbocycles. The van der Waals surface area contributed by atoms with Gasteiger partial charge in [-0.05, 0) is 27.8 Å². The van der Waals surface area contributed by atoms with Gasteiger partial charge in [0.2, 0.25) is 5.91 Å². The van der Waals surface area contributed by atoms with E-state index in [2.05, 4.69) is 20.8 Å². The molecule has 14 heavy (non-hydrogen) atoms. The smallest absolute Gasteiger partial charge is 0.245 e. The minimum atomic E-state index is -0.590. The normalized spacial score (nSPS) is 11.4. The molecule has 5 heteroatoms. The number of aryl methyl sites for hydroxylation is 1. The highest BCUT2D eigenvalue weighted by Gasteiger charge is 2.25. The van der Waals surface area contributed by atoms with E-state index in [0.717, 1.165) is 5.69 Å². The lowest BCUT2D eigenvalue weighted by Gasteiger charge is -2.21. The standard InChI is InChI=1S/C9H16N4O/c1-6-5-7(13-12-6)11-8(14)9(2,3)10-4/h5,10H,1-4H3,(H2,11,12,13,14). The second-order valence-electron chi connectivity index (χ2n) is 3.77. The highest BCUT2D eigenvalue weighted by atomic mass is 16.2. The summed E-state index contributed by atoms with van der Waals surface area (Å²) in [5.74, 6) is 0.447. The monoisotopic (exact) mass is 196 g/mol. The van der Waals surface area contributed by atoms with Crippen LogP contribution in [0.25, 0.3) is 0 Å². The van der Waals surface area contributed by atoms with Crippen molar-refractivity contribution in [2.24, 2.45) is 0 Å². The van der Waals surface area contributed by atoms with E-state index in [0.29, 0.717) is 5.82 Å². The van der Waals surface area contributed by atoms with Gasteiger partial charge in [-0.15, -0.1) is 0 Å². The summed E-state index contributed by atoms with van der Waals surface area (Å²) in [7, 11) is 1.75. The van der Waals surface area contributed by atoms with Gasteiger partial charge in [-0.1, -0.05) is 0 Å². The summed E-state index contributed by atoms with van der Waals surface area (Å²) in [6.07, 6.45) is 0. The number of nitrogens with one attached hydrogen (secondary N) is 3. The molecule has 0 aliphatic carbocycles. The van der Waals surface area contributed by atoms with Crippen molar-refractivity contribution < 1.29 is 4.79 Å². The number of nitrogens with zero attached hydrogens (tertiary/aromatic N) is 1. The lowest BCUT2D eigenvalue weighted by molar-refractivity contribution is -0.121. The van der Waals surface area contributed by atoms with Crippen molar-refractivity contribution in [3.63, 3.8) is 0 Å². The Labute approximate surface area is 83.3 Å². The van der Waals surface area contributed by atoms with Gasteiger partial charge in [0.05, 0.1) is 5.54 Å². The van der Waals surface area contributed by atoms with Crippen molar-refractivity contribution in [3.05, 3.63) is 11.8 Å². The second kappa shape index (κ2) is 3.79. The van der Waals surface area contributed by atoms with Crippen LogP contribution in [-0.4, -0.2) is 28.7 Å². The highest BCUT2D eigenvalue weighted by molar-refractivity contribution is 5.96. The van der Waals surface area contributed by atoms with Crippen molar-refractivity contribution in [1.82, 2.24) is 15.5 Å². The largest absolute Gasteiger partial charge is 0.308 e. The van der Waals surface area contributed by atoms with Crippen LogP contribution >= 0.6 is 0 Å². The summed E-state index contributed by atoms with van der Waals surface area (Å²) < 4.78 is 0. The van der Waals surface area contributed by atoms with Crippen LogP contribution in [-0.2, 0) is 4.79 Å². The number of likely N-dealkylation sites (N-methyl/N-ethyl adjacent to an activating group) is 1. The molecular formula is C9H16N4O. The van der Waals surface area contributed by atoms with Crippen LogP contribution < -0.4 is 10.6 Å². The molecule has 0 unspecified atom stereocenters. The SMILES string of the molecule is CNC(C)(C)C(=O)Nc1cc(C)[nH]n1. The summed E-state index contributed by atoms with van der Waals surface area (Å²) in [4.78, 5) is 11.6. The Morgan fingerprint density at radius 1 is 1.57 bits per heavy atom. The Morgan fingerprint density at radius 3 is 2.64 bits per heavy atom. The van der Waals surface area contributed by atoms with E-state index in [1.54, 1.807) is 13.1 Å². The number of H-pyrrole nitrogens is 1. The molecule has 0 saturated heterocycles. The molecular weight excluding hydrogens is 180 g/mol. The summed E-state index contributed by atoms with van der Waals surface area (Å²) in [5, 5.41) is 12.3. The zero-order chi connectivity index (χ0) is 10.8. The number of carbonyl (C=O) groups is 1. The number of aromatic nitrogens is 2. The Kier molecular flexibility index (Phi) is 2.90. The molecule has 0 aliphatic rings. The minimum Gasteiger partial charge on any atom is -0.308 e. The predicted octanol–water partition coefficient (Wildman–Crippen LogP) is 0.655. The van der Waals surface area contributed by atoms with Crippen LogP contribution in [0.15, 0.2) is 6.07 Å². The van der Waals surface area contributed by atoms with E-state index in [9.17, 15) is 4.79 Å². The minimum absolute atomic E-state index is 0.105. The number of rotatable bonds is 3. The molecule has 0 bridgehead atoms. The number of anilines is 1. The molecule has 1 amide bonds. The number of carbonyl (C=O) groups excluding carboxylic acids is 1. The first-order valence-electron chi connectivity index (χ1n) is 4.48. The first-order valence-corrected chi connectivity index (χ1v) is 4.48. The molecule has 78 valence electrons. The molecule has 1 aromatic heterocycles. The maximum atomic E-state index is 11.6. The van der Waals surface area contributed by atoms with Crippen LogP contribution in [0, 0.1) is 6.92 Å². The lowest BCUT2D eigenvalue weighted by atomic mass is 10.1. The van der Waals surface area contributed by atoms with Crippen LogP contribution in [0.1, 0.15) is 19.5 Å². The third-order valence-corrected chi connectivity index (χ3v) is 2.14. The van der Waals surface area contributed by atoms with E-state index in [-0.39, 0.29) is 5.91 Å². The Bertz CT molecular complexity index is 329. The van der Waals surface area contributed by atoms with Gasteiger partial charge < -0.3 is 10.6 Å². The molecule has 0 saturated carbocycles. The summed E-state index contributed by atoms with van der Waals surface area (Å²) >= 11 is 0. The van der Waals surface area contributed by atoms with E-state index < -0.39 is 5.54 Å². The van der Waals surface area contributed by atoms with Gasteiger partial charge in [0, 0.05) is 11.8 Å². The average Bonchev–Trinajstić information content (AvgIpc) is 2.51. The van der Waals surface area contributed by atoms with E-state index in [1.165, 1.54) is 0 Å². The molecule has 0 atom stereocenters. The fraction of sp³-hybridized carbons (Fsp3) is 0.556. The van der Waals surface area contributed by atoms with E-state index >= 15 is 0 Å². The van der Waals surface area contributed by atoms with Crippen molar-refractivity contribution in [3.8, 4) is 0 Å². The van der Waals surface area contributed by atoms with Crippen LogP contribution in [0.3, 0.4) is 0 Å². The third kappa shape index (κ3) is 2.32. The third-order valence-electron chi connectivity index (χ3n) is 2.14. The first kappa shape index (κ1) is 10.7. The van der Waals surface area contributed by atoms with E-state index in [4.69, 9.17) is 0 Å². The zero-order valence-electron chi connectivity index (χ0n) is 8.93. The highest BCUT2D eigenvalue weighted by Crippen LogP contribution is 2.08. The fourth-order valence-electron chi connectivity index (χ4n) is 0.868. The molecule has 0 spiro atoms. The molecule has 0 radical (unpaired) electrons. The summed E-state index contributed by atoms with van der Waals surface area (Å²) in [6.45, 7) is 5.50. The second-order valence-corrected chi connectivity index (χ2v) is 3.77. The zero-order valence-corrected chi connectivity index (χ0v) is 8.93. The van der Waals surface area contributed by atoms with Crippen molar-refractivity contribution in [1.29, 1.82) is 0 Å². The van der Waals surface area contributed by atoms with Gasteiger partial charge in [-0.25, -0.2) is 0 Å². The van der Waals surface area contributed by atoms with E-state index in [1.807, 2.05) is 20.8 Å². The molecule has 1 rings (SSSR count). The molecule has 0 aliphatic heterocycles. The van der Waals surface area contributed by atoms with Gasteiger partial charge in [0.1, 0.15) is 0 Å². The summed E-state index contributed by atoms with van der Waals surface area (Å²) in [5.41, 5.74) is 0.329. The van der Waals surface area contributed by atoms with Crippen molar-refractivity contribution in [2.75, 3.05) is 12.4 Å². The molecule has 1 aromatic rings. The quantitative estimate of drug-likeness (QED) is 0.665. The topological polar surface area (TPSA) is 69.8 Å². The fourth-order valence-corrected chi connectivity index (χ4v) is 0.868. The van der Waals surface area contributed by atoms with Gasteiger partial charge >= 0.3 is 0 Å².